The van der Waals surface area contributed by atoms with Crippen LogP contribution in [-0.2, 0) is 0 Å². The molecule has 3 nitrogen and oxygen atoms in total. The van der Waals surface area contributed by atoms with Crippen LogP contribution in [-0.4, -0.2) is 9.13 Å². The number of benzene rings is 9. The highest BCUT2D eigenvalue weighted by Gasteiger charge is 2.26. The van der Waals surface area contributed by atoms with Gasteiger partial charge in [0.15, 0.2) is 0 Å². The molecule has 0 radical (unpaired) electrons. The maximum absolute atomic E-state index is 3.78. The van der Waals surface area contributed by atoms with Gasteiger partial charge in [-0.1, -0.05) is 133 Å². The summed E-state index contributed by atoms with van der Waals surface area (Å²) in [6.07, 6.45) is 0. The molecule has 1 atom stereocenters. The SMILES string of the molecule is c1ccc(C2Nc3ccc4ccc5cc(-n6c7ccccc7c7cc(-c8ccc9c(c8)c8ccccc8n9-c8ccccc8)ccc76)ccc5c4c3S2)cc1. The summed E-state index contributed by atoms with van der Waals surface area (Å²) in [6.45, 7) is 0. The van der Waals surface area contributed by atoms with Crippen LogP contribution in [0.5, 0.6) is 0 Å². The van der Waals surface area contributed by atoms with E-state index in [1.807, 2.05) is 11.8 Å². The number of nitrogens with zero attached hydrogens (tertiary/aromatic N) is 2. The molecule has 55 heavy (non-hydrogen) atoms. The molecule has 258 valence electrons. The van der Waals surface area contributed by atoms with Crippen molar-refractivity contribution in [3.05, 3.63) is 194 Å². The zero-order chi connectivity index (χ0) is 36.0. The van der Waals surface area contributed by atoms with Crippen molar-refractivity contribution >= 4 is 82.6 Å². The van der Waals surface area contributed by atoms with E-state index in [0.717, 1.165) is 0 Å². The van der Waals surface area contributed by atoms with Crippen LogP contribution in [0.15, 0.2) is 193 Å². The minimum Gasteiger partial charge on any atom is -0.368 e. The molecule has 0 aliphatic carbocycles. The normalized spacial score (nSPS) is 14.1. The number of para-hydroxylation sites is 3. The molecule has 12 rings (SSSR count). The quantitative estimate of drug-likeness (QED) is 0.183. The Morgan fingerprint density at radius 1 is 0.400 bits per heavy atom. The lowest BCUT2D eigenvalue weighted by Crippen LogP contribution is -2.00. The lowest BCUT2D eigenvalue weighted by Gasteiger charge is -2.12. The Kier molecular flexibility index (Phi) is 6.63. The minimum atomic E-state index is 0.204. The fourth-order valence-electron chi connectivity index (χ4n) is 8.99. The first-order valence-electron chi connectivity index (χ1n) is 18.9. The first-order chi connectivity index (χ1) is 27.3. The first kappa shape index (κ1) is 30.7. The molecule has 1 aliphatic heterocycles. The van der Waals surface area contributed by atoms with E-state index in [9.17, 15) is 0 Å². The third kappa shape index (κ3) is 4.65. The van der Waals surface area contributed by atoms with Gasteiger partial charge in [-0.15, -0.1) is 0 Å². The van der Waals surface area contributed by atoms with Crippen molar-refractivity contribution in [3.8, 4) is 22.5 Å². The smallest absolute Gasteiger partial charge is 0.103 e. The van der Waals surface area contributed by atoms with Crippen LogP contribution in [0, 0.1) is 0 Å². The third-order valence-electron chi connectivity index (χ3n) is 11.5. The molecule has 3 heterocycles. The summed E-state index contributed by atoms with van der Waals surface area (Å²) in [5.74, 6) is 0. The molecule has 0 saturated carbocycles. The van der Waals surface area contributed by atoms with Crippen LogP contribution < -0.4 is 5.32 Å². The van der Waals surface area contributed by atoms with Gasteiger partial charge < -0.3 is 14.5 Å². The van der Waals surface area contributed by atoms with Gasteiger partial charge >= 0.3 is 0 Å². The van der Waals surface area contributed by atoms with Gasteiger partial charge in [0.25, 0.3) is 0 Å². The maximum atomic E-state index is 3.78. The molecule has 2 aromatic heterocycles. The average molecular weight is 720 g/mol. The summed E-state index contributed by atoms with van der Waals surface area (Å²) in [5.41, 5.74) is 12.1. The molecule has 11 aromatic rings. The fourth-order valence-corrected chi connectivity index (χ4v) is 10.3. The Bertz CT molecular complexity index is 3320. The summed E-state index contributed by atoms with van der Waals surface area (Å²) in [6, 6.07) is 69.0. The Labute approximate surface area is 322 Å². The number of fused-ring (bicyclic) bond motifs is 11. The largest absolute Gasteiger partial charge is 0.368 e. The van der Waals surface area contributed by atoms with Crippen molar-refractivity contribution in [2.24, 2.45) is 0 Å². The van der Waals surface area contributed by atoms with Gasteiger partial charge in [0, 0.05) is 48.9 Å². The topological polar surface area (TPSA) is 21.9 Å². The molecule has 0 bridgehead atoms. The highest BCUT2D eigenvalue weighted by Crippen LogP contribution is 2.51. The van der Waals surface area contributed by atoms with Crippen LogP contribution in [0.1, 0.15) is 10.9 Å². The number of rotatable bonds is 4. The van der Waals surface area contributed by atoms with Gasteiger partial charge in [-0.25, -0.2) is 0 Å². The molecule has 0 amide bonds. The second-order valence-electron chi connectivity index (χ2n) is 14.6. The number of hydrogen-bond acceptors (Lipinski definition) is 2. The number of nitrogens with one attached hydrogen (secondary N) is 1. The van der Waals surface area contributed by atoms with E-state index >= 15 is 0 Å². The minimum absolute atomic E-state index is 0.204. The van der Waals surface area contributed by atoms with Crippen LogP contribution in [0.4, 0.5) is 5.69 Å². The van der Waals surface area contributed by atoms with E-state index in [0.29, 0.717) is 0 Å². The van der Waals surface area contributed by atoms with Gasteiger partial charge in [0.2, 0.25) is 0 Å². The number of anilines is 1. The van der Waals surface area contributed by atoms with Crippen molar-refractivity contribution in [1.82, 2.24) is 9.13 Å². The van der Waals surface area contributed by atoms with Crippen molar-refractivity contribution in [2.45, 2.75) is 10.3 Å². The van der Waals surface area contributed by atoms with E-state index in [4.69, 9.17) is 0 Å². The monoisotopic (exact) mass is 719 g/mol. The number of hydrogen-bond donors (Lipinski definition) is 1. The van der Waals surface area contributed by atoms with E-state index < -0.39 is 0 Å². The third-order valence-corrected chi connectivity index (χ3v) is 12.8. The molecule has 1 N–H and O–H groups in total. The number of aromatic nitrogens is 2. The summed E-state index contributed by atoms with van der Waals surface area (Å²) >= 11 is 1.92. The van der Waals surface area contributed by atoms with Crippen molar-refractivity contribution in [2.75, 3.05) is 5.32 Å². The lowest BCUT2D eigenvalue weighted by atomic mass is 10.00. The molecular formula is C51H33N3S. The molecular weight excluding hydrogens is 687 g/mol. The predicted octanol–water partition coefficient (Wildman–Crippen LogP) is 14.1. The molecule has 1 aliphatic rings. The van der Waals surface area contributed by atoms with Crippen LogP contribution in [0.2, 0.25) is 0 Å². The highest BCUT2D eigenvalue weighted by atomic mass is 32.2. The van der Waals surface area contributed by atoms with Crippen LogP contribution in [0.3, 0.4) is 0 Å². The molecule has 4 heteroatoms. The van der Waals surface area contributed by atoms with Gasteiger partial charge in [0.05, 0.1) is 22.1 Å². The summed E-state index contributed by atoms with van der Waals surface area (Å²) in [4.78, 5) is 1.33. The Morgan fingerprint density at radius 2 is 0.964 bits per heavy atom. The van der Waals surface area contributed by atoms with E-state index in [-0.39, 0.29) is 5.37 Å². The van der Waals surface area contributed by atoms with E-state index in [2.05, 4.69) is 203 Å². The predicted molar refractivity (Wildman–Crippen MR) is 234 cm³/mol. The van der Waals surface area contributed by atoms with Crippen molar-refractivity contribution in [1.29, 1.82) is 0 Å². The van der Waals surface area contributed by atoms with Crippen LogP contribution >= 0.6 is 11.8 Å². The van der Waals surface area contributed by atoms with Crippen molar-refractivity contribution < 1.29 is 0 Å². The Morgan fingerprint density at radius 3 is 1.65 bits per heavy atom. The molecule has 9 aromatic carbocycles. The van der Waals surface area contributed by atoms with Crippen LogP contribution in [0.25, 0.3) is 87.7 Å². The number of thioether (sulfide) groups is 1. The van der Waals surface area contributed by atoms with Gasteiger partial charge in [-0.3, -0.25) is 0 Å². The van der Waals surface area contributed by atoms with Crippen molar-refractivity contribution in [3.63, 3.8) is 0 Å². The maximum Gasteiger partial charge on any atom is 0.103 e. The zero-order valence-electron chi connectivity index (χ0n) is 29.8. The highest BCUT2D eigenvalue weighted by molar-refractivity contribution is 8.00. The molecule has 0 spiro atoms. The van der Waals surface area contributed by atoms with Gasteiger partial charge in [0.1, 0.15) is 5.37 Å². The summed E-state index contributed by atoms with van der Waals surface area (Å²) in [7, 11) is 0. The Balaban J connectivity index is 0.989. The van der Waals surface area contributed by atoms with E-state index in [1.165, 1.54) is 104 Å². The first-order valence-corrected chi connectivity index (χ1v) is 19.8. The summed E-state index contributed by atoms with van der Waals surface area (Å²) < 4.78 is 4.81. The summed E-state index contributed by atoms with van der Waals surface area (Å²) in [5, 5.41) is 14.2. The van der Waals surface area contributed by atoms with E-state index in [1.54, 1.807) is 0 Å². The fraction of sp³-hybridized carbons (Fsp3) is 0.0196. The molecule has 1 unspecified atom stereocenters. The molecule has 0 saturated heterocycles. The van der Waals surface area contributed by atoms with Gasteiger partial charge in [-0.2, -0.15) is 0 Å². The Hall–Kier alpha value is -6.75. The average Bonchev–Trinajstić information content (AvgIpc) is 3.94. The molecule has 0 fully saturated rings. The van der Waals surface area contributed by atoms with Gasteiger partial charge in [-0.05, 0) is 99.6 Å². The zero-order valence-corrected chi connectivity index (χ0v) is 30.6. The lowest BCUT2D eigenvalue weighted by molar-refractivity contribution is 1.14. The second-order valence-corrected chi connectivity index (χ2v) is 15.7. The second kappa shape index (κ2) is 11.9. The standard InChI is InChI=1S/C51H33N3S/c1-3-11-33(12-4-1)51-52-44-26-21-32-19-20-36-29-38(24-25-39(36)49(32)50(44)55-51)54-46-18-10-8-16-41(46)43-31-35(23-28-48(43)54)34-22-27-47-42(30-34)40-15-7-9-17-45(40)53(47)37-13-5-2-6-14-37/h1-31,51-52H.